The molecule has 0 saturated heterocycles. The summed E-state index contributed by atoms with van der Waals surface area (Å²) >= 11 is 0. The largest absolute Gasteiger partial charge is 0.502 e. The maximum absolute atomic E-state index is 10.6. The van der Waals surface area contributed by atoms with E-state index in [-0.39, 0.29) is 0 Å². The molecule has 4 nitrogen and oxygen atoms in total. The molecule has 0 aliphatic carbocycles. The number of ether oxygens (including phenoxy) is 1. The summed E-state index contributed by atoms with van der Waals surface area (Å²) in [6.45, 7) is 4.45. The molecule has 0 aromatic carbocycles. The Labute approximate surface area is 73.7 Å². The van der Waals surface area contributed by atoms with E-state index in [0.717, 1.165) is 19.1 Å². The third kappa shape index (κ3) is 9.45. The van der Waals surface area contributed by atoms with Gasteiger partial charge in [-0.3, -0.25) is 0 Å². The first-order chi connectivity index (χ1) is 5.56. The zero-order valence-electron chi connectivity index (χ0n) is 7.25. The van der Waals surface area contributed by atoms with Gasteiger partial charge in [0.15, 0.2) is 0 Å². The van der Waals surface area contributed by atoms with Crippen molar-refractivity contribution in [1.29, 1.82) is 0 Å². The summed E-state index contributed by atoms with van der Waals surface area (Å²) < 4.78 is 28.4. The van der Waals surface area contributed by atoms with Gasteiger partial charge in [-0.05, 0) is 12.8 Å². The first kappa shape index (κ1) is 11.4. The minimum absolute atomic E-state index is 0.472. The van der Waals surface area contributed by atoms with Crippen LogP contribution in [-0.2, 0) is 14.8 Å². The number of hydrogen-bond donors (Lipinski definition) is 1. The average molecular weight is 193 g/mol. The standard InChI is InChI=1S/C7H15NO3S/c1-3-11-7-5-4-6-8-12(2,9)10/h3,8H,1,4-7H2,2H3. The van der Waals surface area contributed by atoms with Gasteiger partial charge in [-0.1, -0.05) is 6.58 Å². The number of nitrogens with one attached hydrogen (secondary N) is 1. The molecule has 0 spiro atoms. The van der Waals surface area contributed by atoms with Crippen LogP contribution in [0, 0.1) is 0 Å². The predicted molar refractivity (Wildman–Crippen MR) is 48.2 cm³/mol. The van der Waals surface area contributed by atoms with Crippen molar-refractivity contribution in [2.75, 3.05) is 19.4 Å². The molecule has 5 heteroatoms. The highest BCUT2D eigenvalue weighted by Crippen LogP contribution is 1.89. The molecule has 0 aliphatic rings. The Balaban J connectivity index is 3.17. The normalized spacial score (nSPS) is 11.1. The monoisotopic (exact) mass is 193 g/mol. The number of rotatable bonds is 7. The molecular weight excluding hydrogens is 178 g/mol. The third-order valence-corrected chi connectivity index (χ3v) is 1.90. The Morgan fingerprint density at radius 3 is 2.67 bits per heavy atom. The topological polar surface area (TPSA) is 55.4 Å². The number of sulfonamides is 1. The lowest BCUT2D eigenvalue weighted by Crippen LogP contribution is -2.23. The fraction of sp³-hybridized carbons (Fsp3) is 0.714. The molecule has 0 saturated carbocycles. The van der Waals surface area contributed by atoms with E-state index in [9.17, 15) is 8.42 Å². The minimum Gasteiger partial charge on any atom is -0.502 e. The van der Waals surface area contributed by atoms with Crippen LogP contribution >= 0.6 is 0 Å². The van der Waals surface area contributed by atoms with E-state index in [4.69, 9.17) is 4.74 Å². The molecule has 0 bridgehead atoms. The minimum atomic E-state index is -3.03. The number of unbranched alkanes of at least 4 members (excludes halogenated alkanes) is 1. The second-order valence-corrected chi connectivity index (χ2v) is 4.24. The molecule has 0 amide bonds. The zero-order chi connectivity index (χ0) is 9.45. The van der Waals surface area contributed by atoms with Crippen LogP contribution in [0.3, 0.4) is 0 Å². The van der Waals surface area contributed by atoms with E-state index in [1.807, 2.05) is 0 Å². The summed E-state index contributed by atoms with van der Waals surface area (Å²) in [6.07, 6.45) is 4.13. The zero-order valence-corrected chi connectivity index (χ0v) is 8.06. The summed E-state index contributed by atoms with van der Waals surface area (Å²) in [6, 6.07) is 0. The van der Waals surface area contributed by atoms with Gasteiger partial charge in [0.25, 0.3) is 0 Å². The Morgan fingerprint density at radius 1 is 1.50 bits per heavy atom. The molecule has 1 N–H and O–H groups in total. The maximum atomic E-state index is 10.6. The van der Waals surface area contributed by atoms with E-state index < -0.39 is 10.0 Å². The van der Waals surface area contributed by atoms with Crippen molar-refractivity contribution in [3.63, 3.8) is 0 Å². The Bertz CT molecular complexity index is 211. The van der Waals surface area contributed by atoms with Crippen molar-refractivity contribution in [3.8, 4) is 0 Å². The molecule has 0 atom stereocenters. The molecular formula is C7H15NO3S. The molecule has 0 heterocycles. The van der Waals surface area contributed by atoms with Crippen LogP contribution < -0.4 is 4.72 Å². The fourth-order valence-electron chi connectivity index (χ4n) is 0.651. The van der Waals surface area contributed by atoms with E-state index in [0.29, 0.717) is 13.2 Å². The highest BCUT2D eigenvalue weighted by atomic mass is 32.2. The van der Waals surface area contributed by atoms with Gasteiger partial charge in [-0.2, -0.15) is 0 Å². The van der Waals surface area contributed by atoms with E-state index in [1.165, 1.54) is 6.26 Å². The van der Waals surface area contributed by atoms with Gasteiger partial charge < -0.3 is 4.74 Å². The van der Waals surface area contributed by atoms with Crippen molar-refractivity contribution < 1.29 is 13.2 Å². The Hall–Kier alpha value is -0.550. The van der Waals surface area contributed by atoms with E-state index in [2.05, 4.69) is 11.3 Å². The van der Waals surface area contributed by atoms with Crippen LogP contribution in [0.4, 0.5) is 0 Å². The Morgan fingerprint density at radius 2 is 2.17 bits per heavy atom. The smallest absolute Gasteiger partial charge is 0.208 e. The molecule has 0 radical (unpaired) electrons. The van der Waals surface area contributed by atoms with Crippen LogP contribution in [-0.4, -0.2) is 27.8 Å². The van der Waals surface area contributed by atoms with Crippen LogP contribution in [0.5, 0.6) is 0 Å². The van der Waals surface area contributed by atoms with Crippen molar-refractivity contribution >= 4 is 10.0 Å². The van der Waals surface area contributed by atoms with Crippen molar-refractivity contribution in [2.24, 2.45) is 0 Å². The molecule has 72 valence electrons. The van der Waals surface area contributed by atoms with Crippen LogP contribution in [0.2, 0.25) is 0 Å². The van der Waals surface area contributed by atoms with Gasteiger partial charge in [0, 0.05) is 6.54 Å². The lowest BCUT2D eigenvalue weighted by molar-refractivity contribution is 0.243. The first-order valence-corrected chi connectivity index (χ1v) is 5.62. The van der Waals surface area contributed by atoms with Gasteiger partial charge in [-0.15, -0.1) is 0 Å². The second kappa shape index (κ2) is 6.02. The van der Waals surface area contributed by atoms with Gasteiger partial charge >= 0.3 is 0 Å². The van der Waals surface area contributed by atoms with Crippen LogP contribution in [0.1, 0.15) is 12.8 Å². The van der Waals surface area contributed by atoms with Crippen molar-refractivity contribution in [2.45, 2.75) is 12.8 Å². The number of hydrogen-bond acceptors (Lipinski definition) is 3. The van der Waals surface area contributed by atoms with E-state index in [1.54, 1.807) is 0 Å². The van der Waals surface area contributed by atoms with Gasteiger partial charge in [0.05, 0.1) is 19.1 Å². The Kier molecular flexibility index (Phi) is 5.74. The molecule has 0 unspecified atom stereocenters. The SMILES string of the molecule is C=COCCCCNS(C)(=O)=O. The second-order valence-electron chi connectivity index (χ2n) is 2.41. The molecule has 12 heavy (non-hydrogen) atoms. The molecule has 0 aromatic rings. The summed E-state index contributed by atoms with van der Waals surface area (Å²) in [7, 11) is -3.03. The fourth-order valence-corrected chi connectivity index (χ4v) is 1.17. The van der Waals surface area contributed by atoms with Gasteiger partial charge in [0.1, 0.15) is 0 Å². The lowest BCUT2D eigenvalue weighted by atomic mass is 10.3. The average Bonchev–Trinajstić information content (AvgIpc) is 1.94. The molecule has 0 rings (SSSR count). The van der Waals surface area contributed by atoms with Crippen LogP contribution in [0.15, 0.2) is 12.8 Å². The van der Waals surface area contributed by atoms with Crippen LogP contribution in [0.25, 0.3) is 0 Å². The van der Waals surface area contributed by atoms with Gasteiger partial charge in [-0.25, -0.2) is 13.1 Å². The summed E-state index contributed by atoms with van der Waals surface area (Å²) in [5.41, 5.74) is 0. The summed E-state index contributed by atoms with van der Waals surface area (Å²) in [4.78, 5) is 0. The van der Waals surface area contributed by atoms with E-state index >= 15 is 0 Å². The molecule has 0 fully saturated rings. The van der Waals surface area contributed by atoms with Crippen molar-refractivity contribution in [3.05, 3.63) is 12.8 Å². The first-order valence-electron chi connectivity index (χ1n) is 3.73. The highest BCUT2D eigenvalue weighted by Gasteiger charge is 1.97. The lowest BCUT2D eigenvalue weighted by Gasteiger charge is -2.01. The molecule has 0 aromatic heterocycles. The molecule has 0 aliphatic heterocycles. The van der Waals surface area contributed by atoms with Crippen molar-refractivity contribution in [1.82, 2.24) is 4.72 Å². The quantitative estimate of drug-likeness (QED) is 0.472. The highest BCUT2D eigenvalue weighted by molar-refractivity contribution is 7.88. The summed E-state index contributed by atoms with van der Waals surface area (Å²) in [5.74, 6) is 0. The maximum Gasteiger partial charge on any atom is 0.208 e. The van der Waals surface area contributed by atoms with Gasteiger partial charge in [0.2, 0.25) is 10.0 Å². The predicted octanol–water partition coefficient (Wildman–Crippen LogP) is 0.476. The third-order valence-electron chi connectivity index (χ3n) is 1.17. The summed E-state index contributed by atoms with van der Waals surface area (Å²) in [5, 5.41) is 0.